The molecule has 158 valence electrons. The first-order valence-corrected chi connectivity index (χ1v) is 11.8. The van der Waals surface area contributed by atoms with Gasteiger partial charge in [-0.3, -0.25) is 0 Å². The van der Waals surface area contributed by atoms with E-state index in [-0.39, 0.29) is 5.41 Å². The molecule has 2 aromatic rings. The van der Waals surface area contributed by atoms with Gasteiger partial charge in [-0.05, 0) is 54.3 Å². The fourth-order valence-electron chi connectivity index (χ4n) is 3.49. The van der Waals surface area contributed by atoms with Crippen molar-refractivity contribution in [1.82, 2.24) is 9.62 Å². The first kappa shape index (κ1) is 21.8. The Balaban J connectivity index is 1.53. The van der Waals surface area contributed by atoms with Crippen molar-refractivity contribution in [3.63, 3.8) is 0 Å². The summed E-state index contributed by atoms with van der Waals surface area (Å²) in [6.07, 6.45) is 0.669. The highest BCUT2D eigenvalue weighted by atomic mass is 32.2. The number of benzene rings is 2. The fraction of sp³-hybridized carbons (Fsp3) is 0.478. The van der Waals surface area contributed by atoms with Crippen LogP contribution in [0.5, 0.6) is 0 Å². The van der Waals surface area contributed by atoms with Crippen molar-refractivity contribution in [2.24, 2.45) is 0 Å². The van der Waals surface area contributed by atoms with Gasteiger partial charge in [0.15, 0.2) is 0 Å². The Morgan fingerprint density at radius 1 is 0.897 bits per heavy atom. The summed E-state index contributed by atoms with van der Waals surface area (Å²) in [5, 5.41) is 0. The monoisotopic (exact) mass is 415 g/mol. The van der Waals surface area contributed by atoms with Crippen molar-refractivity contribution in [1.29, 1.82) is 0 Å². The van der Waals surface area contributed by atoms with Crippen molar-refractivity contribution < 1.29 is 8.42 Å². The molecule has 1 aliphatic heterocycles. The summed E-state index contributed by atoms with van der Waals surface area (Å²) < 4.78 is 27.8. The molecule has 6 heteroatoms. The summed E-state index contributed by atoms with van der Waals surface area (Å²) in [5.74, 6) is 0. The summed E-state index contributed by atoms with van der Waals surface area (Å²) in [6.45, 7) is 11.0. The van der Waals surface area contributed by atoms with Gasteiger partial charge in [0.25, 0.3) is 0 Å². The second kappa shape index (κ2) is 8.86. The number of nitrogens with zero attached hydrogens (tertiary/aromatic N) is 2. The minimum atomic E-state index is -3.49. The molecule has 1 heterocycles. The maximum Gasteiger partial charge on any atom is 0.240 e. The highest BCUT2D eigenvalue weighted by Gasteiger charge is 2.17. The van der Waals surface area contributed by atoms with Crippen molar-refractivity contribution >= 4 is 15.7 Å². The second-order valence-electron chi connectivity index (χ2n) is 8.88. The third-order valence-electron chi connectivity index (χ3n) is 5.54. The number of rotatable bonds is 6. The topological polar surface area (TPSA) is 52.6 Å². The lowest BCUT2D eigenvalue weighted by Crippen LogP contribution is -2.44. The lowest BCUT2D eigenvalue weighted by molar-refractivity contribution is 0.313. The molecule has 0 bridgehead atoms. The second-order valence-corrected chi connectivity index (χ2v) is 10.6. The Kier molecular flexibility index (Phi) is 6.66. The molecule has 0 amide bonds. The highest BCUT2D eigenvalue weighted by Crippen LogP contribution is 2.23. The Bertz CT molecular complexity index is 893. The molecule has 0 aliphatic carbocycles. The molecule has 1 fully saturated rings. The van der Waals surface area contributed by atoms with E-state index in [1.54, 1.807) is 12.1 Å². The molecule has 1 aliphatic rings. The molecule has 0 spiro atoms. The maximum absolute atomic E-state index is 12.5. The van der Waals surface area contributed by atoms with Crippen molar-refractivity contribution in [2.45, 2.75) is 37.5 Å². The molecule has 29 heavy (non-hydrogen) atoms. The molecule has 1 N–H and O–H groups in total. The van der Waals surface area contributed by atoms with Gasteiger partial charge in [-0.2, -0.15) is 0 Å². The highest BCUT2D eigenvalue weighted by molar-refractivity contribution is 7.89. The molecule has 0 saturated carbocycles. The van der Waals surface area contributed by atoms with Crippen LogP contribution in [0.1, 0.15) is 31.9 Å². The first-order chi connectivity index (χ1) is 13.6. The summed E-state index contributed by atoms with van der Waals surface area (Å²) in [5.41, 5.74) is 3.50. The van der Waals surface area contributed by atoms with Crippen LogP contribution in [-0.4, -0.2) is 53.1 Å². The smallest absolute Gasteiger partial charge is 0.240 e. The predicted octanol–water partition coefficient (Wildman–Crippen LogP) is 3.26. The van der Waals surface area contributed by atoms with E-state index < -0.39 is 10.0 Å². The number of anilines is 1. The van der Waals surface area contributed by atoms with Crippen LogP contribution in [-0.2, 0) is 21.9 Å². The minimum absolute atomic E-state index is 0.00596. The lowest BCUT2D eigenvalue weighted by atomic mass is 9.87. The number of piperazine rings is 1. The van der Waals surface area contributed by atoms with Gasteiger partial charge < -0.3 is 9.80 Å². The average molecular weight is 416 g/mol. The zero-order valence-electron chi connectivity index (χ0n) is 18.0. The zero-order chi connectivity index (χ0) is 21.1. The van der Waals surface area contributed by atoms with E-state index in [0.29, 0.717) is 17.9 Å². The summed E-state index contributed by atoms with van der Waals surface area (Å²) in [4.78, 5) is 5.05. The van der Waals surface area contributed by atoms with Crippen LogP contribution in [0.15, 0.2) is 53.4 Å². The Labute approximate surface area is 175 Å². The standard InChI is InChI=1S/C23H33N3O2S/c1-23(2,3)20-7-11-22(12-8-20)29(27,28)24-14-13-19-5-9-21(10-6-19)26-17-15-25(4)16-18-26/h5-12,24H,13-18H2,1-4H3. The van der Waals surface area contributed by atoms with Gasteiger partial charge in [-0.1, -0.05) is 45.0 Å². The molecule has 1 saturated heterocycles. The predicted molar refractivity (Wildman–Crippen MR) is 120 cm³/mol. The van der Waals surface area contributed by atoms with Crippen LogP contribution in [0, 0.1) is 0 Å². The van der Waals surface area contributed by atoms with E-state index >= 15 is 0 Å². The minimum Gasteiger partial charge on any atom is -0.369 e. The molecular formula is C23H33N3O2S. The Morgan fingerprint density at radius 2 is 1.48 bits per heavy atom. The van der Waals surface area contributed by atoms with Gasteiger partial charge >= 0.3 is 0 Å². The molecule has 2 aromatic carbocycles. The Morgan fingerprint density at radius 3 is 2.03 bits per heavy atom. The summed E-state index contributed by atoms with van der Waals surface area (Å²) in [6, 6.07) is 15.6. The maximum atomic E-state index is 12.5. The lowest BCUT2D eigenvalue weighted by Gasteiger charge is -2.34. The molecule has 0 radical (unpaired) electrons. The van der Waals surface area contributed by atoms with Gasteiger partial charge in [0.2, 0.25) is 10.0 Å². The van der Waals surface area contributed by atoms with Gasteiger partial charge in [0, 0.05) is 38.4 Å². The third kappa shape index (κ3) is 5.81. The van der Waals surface area contributed by atoms with Crippen LogP contribution < -0.4 is 9.62 Å². The largest absolute Gasteiger partial charge is 0.369 e. The van der Waals surface area contributed by atoms with Crippen LogP contribution in [0.3, 0.4) is 0 Å². The van der Waals surface area contributed by atoms with E-state index in [1.165, 1.54) is 5.69 Å². The normalized spacial score (nSPS) is 16.2. The quantitative estimate of drug-likeness (QED) is 0.787. The number of nitrogens with one attached hydrogen (secondary N) is 1. The molecule has 5 nitrogen and oxygen atoms in total. The number of hydrogen-bond donors (Lipinski definition) is 1. The summed E-state index contributed by atoms with van der Waals surface area (Å²) >= 11 is 0. The van der Waals surface area contributed by atoms with E-state index in [1.807, 2.05) is 12.1 Å². The molecule has 3 rings (SSSR count). The zero-order valence-corrected chi connectivity index (χ0v) is 18.8. The van der Waals surface area contributed by atoms with Crippen LogP contribution in [0.25, 0.3) is 0 Å². The van der Waals surface area contributed by atoms with Crippen LogP contribution >= 0.6 is 0 Å². The van der Waals surface area contributed by atoms with E-state index in [9.17, 15) is 8.42 Å². The van der Waals surface area contributed by atoms with Gasteiger partial charge in [0.1, 0.15) is 0 Å². The third-order valence-corrected chi connectivity index (χ3v) is 7.02. The average Bonchev–Trinajstić information content (AvgIpc) is 2.68. The molecule has 0 aromatic heterocycles. The van der Waals surface area contributed by atoms with Crippen molar-refractivity contribution in [3.05, 3.63) is 59.7 Å². The van der Waals surface area contributed by atoms with E-state index in [4.69, 9.17) is 0 Å². The van der Waals surface area contributed by atoms with Crippen molar-refractivity contribution in [3.8, 4) is 0 Å². The van der Waals surface area contributed by atoms with Crippen LogP contribution in [0.4, 0.5) is 5.69 Å². The van der Waals surface area contributed by atoms with Gasteiger partial charge in [-0.15, -0.1) is 0 Å². The van der Waals surface area contributed by atoms with Gasteiger partial charge in [-0.25, -0.2) is 13.1 Å². The number of hydrogen-bond acceptors (Lipinski definition) is 4. The number of sulfonamides is 1. The Hall–Kier alpha value is -1.89. The fourth-order valence-corrected chi connectivity index (χ4v) is 4.52. The summed E-state index contributed by atoms with van der Waals surface area (Å²) in [7, 11) is -1.33. The van der Waals surface area contributed by atoms with E-state index in [2.05, 4.69) is 66.6 Å². The van der Waals surface area contributed by atoms with Crippen molar-refractivity contribution in [2.75, 3.05) is 44.7 Å². The molecular weight excluding hydrogens is 382 g/mol. The van der Waals surface area contributed by atoms with Crippen LogP contribution in [0.2, 0.25) is 0 Å². The first-order valence-electron chi connectivity index (χ1n) is 10.3. The molecule has 0 atom stereocenters. The van der Waals surface area contributed by atoms with E-state index in [0.717, 1.165) is 37.3 Å². The SMILES string of the molecule is CN1CCN(c2ccc(CCNS(=O)(=O)c3ccc(C(C)(C)C)cc3)cc2)CC1. The van der Waals surface area contributed by atoms with Gasteiger partial charge in [0.05, 0.1) is 4.90 Å². The molecule has 0 unspecified atom stereocenters. The number of likely N-dealkylation sites (N-methyl/N-ethyl adjacent to an activating group) is 1.